The van der Waals surface area contributed by atoms with Crippen LogP contribution in [0, 0.1) is 19.7 Å². The molecule has 104 valence electrons. The minimum atomic E-state index is -0.490. The first kappa shape index (κ1) is 14.7. The Hall–Kier alpha value is -1.68. The normalized spacial score (nSPS) is 10.4. The summed E-state index contributed by atoms with van der Waals surface area (Å²) in [4.78, 5) is 12.5. The molecule has 0 aromatic heterocycles. The number of ether oxygens (including phenoxy) is 1. The zero-order valence-electron chi connectivity index (χ0n) is 11.5. The third-order valence-corrected chi connectivity index (χ3v) is 4.02. The molecule has 4 heteroatoms. The molecule has 2 nitrogen and oxygen atoms in total. The molecule has 0 spiro atoms. The number of halogens is 2. The number of methoxy groups -OCH3 is 1. The SMILES string of the molecule is COc1cc(C)c(Br)cc1C(=O)c1cccc(C)c1F. The van der Waals surface area contributed by atoms with Crippen LogP contribution in [0.15, 0.2) is 34.8 Å². The van der Waals surface area contributed by atoms with Crippen molar-refractivity contribution in [2.75, 3.05) is 7.11 Å². The molecule has 2 aromatic rings. The molecule has 0 saturated carbocycles. The van der Waals surface area contributed by atoms with Crippen LogP contribution in [-0.2, 0) is 0 Å². The number of ketones is 1. The fourth-order valence-corrected chi connectivity index (χ4v) is 2.31. The van der Waals surface area contributed by atoms with Crippen molar-refractivity contribution in [2.45, 2.75) is 13.8 Å². The monoisotopic (exact) mass is 336 g/mol. The lowest BCUT2D eigenvalue weighted by molar-refractivity contribution is 0.103. The summed E-state index contributed by atoms with van der Waals surface area (Å²) in [6.45, 7) is 3.53. The first-order valence-electron chi connectivity index (χ1n) is 6.09. The van der Waals surface area contributed by atoms with Crippen molar-refractivity contribution < 1.29 is 13.9 Å². The number of carbonyl (C=O) groups is 1. The van der Waals surface area contributed by atoms with E-state index in [-0.39, 0.29) is 11.3 Å². The average Bonchev–Trinajstić information content (AvgIpc) is 2.43. The van der Waals surface area contributed by atoms with E-state index in [0.29, 0.717) is 16.9 Å². The molecule has 0 unspecified atom stereocenters. The van der Waals surface area contributed by atoms with E-state index in [9.17, 15) is 9.18 Å². The Bertz CT molecular complexity index is 680. The van der Waals surface area contributed by atoms with Gasteiger partial charge in [0.2, 0.25) is 0 Å². The molecule has 20 heavy (non-hydrogen) atoms. The second-order valence-electron chi connectivity index (χ2n) is 4.57. The molecule has 2 aromatic carbocycles. The number of rotatable bonds is 3. The lowest BCUT2D eigenvalue weighted by atomic mass is 9.99. The van der Waals surface area contributed by atoms with Crippen LogP contribution in [0.25, 0.3) is 0 Å². The van der Waals surface area contributed by atoms with Crippen LogP contribution in [0.5, 0.6) is 5.75 Å². The first-order chi connectivity index (χ1) is 9.45. The zero-order valence-corrected chi connectivity index (χ0v) is 13.0. The van der Waals surface area contributed by atoms with Crippen LogP contribution in [0.4, 0.5) is 4.39 Å². The van der Waals surface area contributed by atoms with Gasteiger partial charge in [-0.2, -0.15) is 0 Å². The first-order valence-corrected chi connectivity index (χ1v) is 6.89. The second-order valence-corrected chi connectivity index (χ2v) is 5.42. The van der Waals surface area contributed by atoms with E-state index < -0.39 is 5.82 Å². The molecule has 0 radical (unpaired) electrons. The van der Waals surface area contributed by atoms with Gasteiger partial charge in [0, 0.05) is 4.47 Å². The lowest BCUT2D eigenvalue weighted by Crippen LogP contribution is -2.08. The summed E-state index contributed by atoms with van der Waals surface area (Å²) in [6.07, 6.45) is 0. The minimum Gasteiger partial charge on any atom is -0.496 e. The topological polar surface area (TPSA) is 26.3 Å². The maximum absolute atomic E-state index is 14.1. The summed E-state index contributed by atoms with van der Waals surface area (Å²) in [6, 6.07) is 8.21. The lowest BCUT2D eigenvalue weighted by Gasteiger charge is -2.11. The molecule has 0 heterocycles. The van der Waals surface area contributed by atoms with E-state index in [1.54, 1.807) is 31.2 Å². The summed E-state index contributed by atoms with van der Waals surface area (Å²) in [5, 5.41) is 0. The highest BCUT2D eigenvalue weighted by Gasteiger charge is 2.20. The van der Waals surface area contributed by atoms with Crippen molar-refractivity contribution in [3.63, 3.8) is 0 Å². The number of carbonyl (C=O) groups excluding carboxylic acids is 1. The van der Waals surface area contributed by atoms with Crippen molar-refractivity contribution in [1.29, 1.82) is 0 Å². The highest BCUT2D eigenvalue weighted by atomic mass is 79.9. The highest BCUT2D eigenvalue weighted by Crippen LogP contribution is 2.29. The van der Waals surface area contributed by atoms with Gasteiger partial charge in [-0.3, -0.25) is 4.79 Å². The Morgan fingerprint density at radius 2 is 1.85 bits per heavy atom. The van der Waals surface area contributed by atoms with Crippen LogP contribution in [0.1, 0.15) is 27.0 Å². The molecule has 0 N–H and O–H groups in total. The fraction of sp³-hybridized carbons (Fsp3) is 0.188. The number of hydrogen-bond donors (Lipinski definition) is 0. The van der Waals surface area contributed by atoms with Gasteiger partial charge >= 0.3 is 0 Å². The van der Waals surface area contributed by atoms with Gasteiger partial charge in [0.1, 0.15) is 11.6 Å². The quantitative estimate of drug-likeness (QED) is 0.774. The van der Waals surface area contributed by atoms with E-state index in [2.05, 4.69) is 15.9 Å². The predicted molar refractivity (Wildman–Crippen MR) is 80.0 cm³/mol. The third kappa shape index (κ3) is 2.61. The molecule has 0 aliphatic heterocycles. The van der Waals surface area contributed by atoms with Gasteiger partial charge in [0.05, 0.1) is 18.2 Å². The van der Waals surface area contributed by atoms with Crippen LogP contribution in [0.2, 0.25) is 0 Å². The van der Waals surface area contributed by atoms with Gasteiger partial charge in [-0.15, -0.1) is 0 Å². The molecular formula is C16H14BrFO2. The summed E-state index contributed by atoms with van der Waals surface area (Å²) in [5.74, 6) is -0.434. The molecule has 0 aliphatic rings. The second kappa shape index (κ2) is 5.75. The molecule has 0 aliphatic carbocycles. The zero-order chi connectivity index (χ0) is 14.9. The van der Waals surface area contributed by atoms with Crippen LogP contribution >= 0.6 is 15.9 Å². The Kier molecular flexibility index (Phi) is 4.23. The minimum absolute atomic E-state index is 0.0547. The highest BCUT2D eigenvalue weighted by molar-refractivity contribution is 9.10. The molecule has 0 fully saturated rings. The van der Waals surface area contributed by atoms with Gasteiger partial charge in [-0.05, 0) is 43.2 Å². The van der Waals surface area contributed by atoms with Crippen molar-refractivity contribution in [2.24, 2.45) is 0 Å². The van der Waals surface area contributed by atoms with Crippen molar-refractivity contribution >= 4 is 21.7 Å². The summed E-state index contributed by atoms with van der Waals surface area (Å²) >= 11 is 3.38. The van der Waals surface area contributed by atoms with Crippen LogP contribution in [-0.4, -0.2) is 12.9 Å². The van der Waals surface area contributed by atoms with Gasteiger partial charge in [0.15, 0.2) is 5.78 Å². The van der Waals surface area contributed by atoms with Gasteiger partial charge in [-0.1, -0.05) is 28.1 Å². The predicted octanol–water partition coefficient (Wildman–Crippen LogP) is 4.44. The van der Waals surface area contributed by atoms with E-state index in [1.165, 1.54) is 13.2 Å². The van der Waals surface area contributed by atoms with Crippen molar-refractivity contribution in [1.82, 2.24) is 0 Å². The van der Waals surface area contributed by atoms with E-state index in [1.807, 2.05) is 6.92 Å². The maximum Gasteiger partial charge on any atom is 0.199 e. The van der Waals surface area contributed by atoms with Gasteiger partial charge < -0.3 is 4.74 Å². The Morgan fingerprint density at radius 3 is 2.50 bits per heavy atom. The number of aryl methyl sites for hydroxylation is 2. The average molecular weight is 337 g/mol. The number of hydrogen-bond acceptors (Lipinski definition) is 2. The summed E-state index contributed by atoms with van der Waals surface area (Å²) in [7, 11) is 1.49. The Balaban J connectivity index is 2.59. The van der Waals surface area contributed by atoms with Crippen LogP contribution in [0.3, 0.4) is 0 Å². The Labute approximate surface area is 125 Å². The maximum atomic E-state index is 14.1. The third-order valence-electron chi connectivity index (χ3n) is 3.16. The summed E-state index contributed by atoms with van der Waals surface area (Å²) < 4.78 is 20.1. The smallest absolute Gasteiger partial charge is 0.199 e. The van der Waals surface area contributed by atoms with Crippen molar-refractivity contribution in [3.05, 3.63) is 62.9 Å². The Morgan fingerprint density at radius 1 is 1.15 bits per heavy atom. The van der Waals surface area contributed by atoms with E-state index in [4.69, 9.17) is 4.74 Å². The van der Waals surface area contributed by atoms with Gasteiger partial charge in [-0.25, -0.2) is 4.39 Å². The molecule has 0 amide bonds. The standard InChI is InChI=1S/C16H14BrFO2/c1-9-5-4-6-11(15(9)18)16(19)12-8-13(17)10(2)7-14(12)20-3/h4-8H,1-3H3. The summed E-state index contributed by atoms with van der Waals surface area (Å²) in [5.41, 5.74) is 1.79. The molecule has 2 rings (SSSR count). The van der Waals surface area contributed by atoms with Crippen LogP contribution < -0.4 is 4.74 Å². The van der Waals surface area contributed by atoms with Crippen molar-refractivity contribution in [3.8, 4) is 5.75 Å². The van der Waals surface area contributed by atoms with E-state index >= 15 is 0 Å². The molecule has 0 bridgehead atoms. The molecule has 0 atom stereocenters. The fourth-order valence-electron chi connectivity index (χ4n) is 1.97. The molecule has 0 saturated heterocycles. The molecular weight excluding hydrogens is 323 g/mol. The van der Waals surface area contributed by atoms with E-state index in [0.717, 1.165) is 10.0 Å². The number of benzene rings is 2. The van der Waals surface area contributed by atoms with Gasteiger partial charge in [0.25, 0.3) is 0 Å². The largest absolute Gasteiger partial charge is 0.496 e.